The third kappa shape index (κ3) is 2.11. The smallest absolute Gasteiger partial charge is 0.292 e. The van der Waals surface area contributed by atoms with E-state index in [0.29, 0.717) is 6.73 Å². The zero-order chi connectivity index (χ0) is 21.9. The van der Waals surface area contributed by atoms with Gasteiger partial charge in [-0.25, -0.2) is 0 Å². The van der Waals surface area contributed by atoms with E-state index in [0.717, 1.165) is 5.75 Å². The van der Waals surface area contributed by atoms with E-state index in [1.165, 1.54) is 65.5 Å². The van der Waals surface area contributed by atoms with Gasteiger partial charge in [0.1, 0.15) is 5.75 Å². The van der Waals surface area contributed by atoms with Crippen molar-refractivity contribution in [3.8, 4) is 17.0 Å². The first-order chi connectivity index (χ1) is 16.1. The minimum Gasteiger partial charge on any atom is -0.435 e. The maximum absolute atomic E-state index is 6.38. The summed E-state index contributed by atoms with van der Waals surface area (Å²) < 4.78 is 8.70. The summed E-state index contributed by atoms with van der Waals surface area (Å²) in [7, 11) is 0. The number of rotatable bonds is 0. The molecule has 156 valence electrons. The molecular formula is C31H22NO+. The number of benzene rings is 5. The predicted octanol–water partition coefficient (Wildman–Crippen LogP) is 7.24. The average molecular weight is 425 g/mol. The van der Waals surface area contributed by atoms with Crippen LogP contribution in [0.4, 0.5) is 0 Å². The van der Waals surface area contributed by atoms with E-state index in [1.807, 2.05) is 0 Å². The standard InChI is InChI=1S/C31H22NO/c1-31(2)28-24-13-20-9-5-3-7-18(20)11-22(24)15-26-27(28)30-29(31)25-14-21-10-6-4-8-19(21)12-23(25)16-32(30)17-33-26/h3-16H,17H2,1-2H3/q+1. The van der Waals surface area contributed by atoms with Crippen LogP contribution in [0.2, 0.25) is 0 Å². The molecule has 2 aliphatic rings. The molecule has 2 nitrogen and oxygen atoms in total. The Kier molecular flexibility index (Phi) is 3.05. The van der Waals surface area contributed by atoms with E-state index >= 15 is 0 Å². The summed E-state index contributed by atoms with van der Waals surface area (Å²) in [5.74, 6) is 1.01. The highest BCUT2D eigenvalue weighted by atomic mass is 16.5. The van der Waals surface area contributed by atoms with Crippen molar-refractivity contribution < 1.29 is 9.30 Å². The van der Waals surface area contributed by atoms with Gasteiger partial charge in [-0.15, -0.1) is 0 Å². The van der Waals surface area contributed by atoms with E-state index < -0.39 is 0 Å². The summed E-state index contributed by atoms with van der Waals surface area (Å²) in [4.78, 5) is 0. The van der Waals surface area contributed by atoms with Crippen molar-refractivity contribution in [2.75, 3.05) is 0 Å². The molecule has 0 spiro atoms. The molecule has 0 saturated carbocycles. The Morgan fingerprint density at radius 1 is 0.667 bits per heavy atom. The average Bonchev–Trinajstić information content (AvgIpc) is 3.08. The van der Waals surface area contributed by atoms with Crippen LogP contribution in [0.15, 0.2) is 85.1 Å². The van der Waals surface area contributed by atoms with Crippen LogP contribution in [-0.4, -0.2) is 0 Å². The number of ether oxygens (including phenoxy) is 1. The van der Waals surface area contributed by atoms with Crippen molar-refractivity contribution >= 4 is 43.1 Å². The predicted molar refractivity (Wildman–Crippen MR) is 135 cm³/mol. The van der Waals surface area contributed by atoms with Gasteiger partial charge in [-0.05, 0) is 73.6 Å². The van der Waals surface area contributed by atoms with Gasteiger partial charge in [0.25, 0.3) is 6.73 Å². The van der Waals surface area contributed by atoms with E-state index in [9.17, 15) is 0 Å². The van der Waals surface area contributed by atoms with Crippen LogP contribution in [0.3, 0.4) is 0 Å². The fraction of sp³-hybridized carbons (Fsp3) is 0.129. The topological polar surface area (TPSA) is 13.1 Å². The van der Waals surface area contributed by atoms with Crippen molar-refractivity contribution in [1.29, 1.82) is 0 Å². The molecule has 0 bridgehead atoms. The highest BCUT2D eigenvalue weighted by molar-refractivity contribution is 6.09. The fourth-order valence-corrected chi connectivity index (χ4v) is 6.42. The molecule has 1 aliphatic heterocycles. The first-order valence-electron chi connectivity index (χ1n) is 11.6. The Morgan fingerprint density at radius 3 is 1.91 bits per heavy atom. The molecule has 0 unspecified atom stereocenters. The lowest BCUT2D eigenvalue weighted by molar-refractivity contribution is -0.716. The summed E-state index contributed by atoms with van der Waals surface area (Å²) in [6.45, 7) is 5.33. The van der Waals surface area contributed by atoms with E-state index in [1.54, 1.807) is 0 Å². The van der Waals surface area contributed by atoms with Crippen molar-refractivity contribution in [3.05, 3.63) is 96.2 Å². The number of hydrogen-bond acceptors (Lipinski definition) is 1. The molecule has 5 aromatic carbocycles. The number of hydrogen-bond donors (Lipinski definition) is 0. The van der Waals surface area contributed by atoms with Crippen LogP contribution in [0.5, 0.6) is 5.75 Å². The molecule has 1 aromatic heterocycles. The monoisotopic (exact) mass is 424 g/mol. The highest BCUT2D eigenvalue weighted by Gasteiger charge is 2.48. The Bertz CT molecular complexity index is 1710. The van der Waals surface area contributed by atoms with E-state index in [4.69, 9.17) is 4.74 Å². The van der Waals surface area contributed by atoms with Gasteiger partial charge in [-0.3, -0.25) is 0 Å². The van der Waals surface area contributed by atoms with E-state index in [2.05, 4.69) is 103 Å². The van der Waals surface area contributed by atoms with Gasteiger partial charge in [-0.2, -0.15) is 4.57 Å². The maximum Gasteiger partial charge on any atom is 0.292 e. The Labute approximate surface area is 191 Å². The van der Waals surface area contributed by atoms with Crippen molar-refractivity contribution in [1.82, 2.24) is 0 Å². The molecule has 2 heteroatoms. The molecule has 0 fully saturated rings. The molecule has 6 aromatic rings. The molecule has 0 N–H and O–H groups in total. The molecular weight excluding hydrogens is 402 g/mol. The van der Waals surface area contributed by atoms with Crippen LogP contribution in [0.1, 0.15) is 25.0 Å². The van der Waals surface area contributed by atoms with Crippen LogP contribution in [-0.2, 0) is 12.1 Å². The van der Waals surface area contributed by atoms with Crippen LogP contribution >= 0.6 is 0 Å². The van der Waals surface area contributed by atoms with Gasteiger partial charge in [0.05, 0.1) is 5.56 Å². The minimum absolute atomic E-state index is 0.140. The zero-order valence-electron chi connectivity index (χ0n) is 18.6. The van der Waals surface area contributed by atoms with Gasteiger partial charge >= 0.3 is 0 Å². The lowest BCUT2D eigenvalue weighted by Gasteiger charge is -2.23. The summed E-state index contributed by atoms with van der Waals surface area (Å²) in [5, 5.41) is 10.3. The second-order valence-electron chi connectivity index (χ2n) is 10.1. The molecule has 33 heavy (non-hydrogen) atoms. The van der Waals surface area contributed by atoms with Crippen molar-refractivity contribution in [3.63, 3.8) is 0 Å². The van der Waals surface area contributed by atoms with Gasteiger partial charge < -0.3 is 4.74 Å². The molecule has 2 heterocycles. The molecule has 1 aliphatic carbocycles. The molecule has 0 radical (unpaired) electrons. The van der Waals surface area contributed by atoms with Crippen LogP contribution in [0, 0.1) is 0 Å². The van der Waals surface area contributed by atoms with Crippen molar-refractivity contribution in [2.45, 2.75) is 26.0 Å². The lowest BCUT2D eigenvalue weighted by atomic mass is 9.78. The van der Waals surface area contributed by atoms with Crippen LogP contribution < -0.4 is 9.30 Å². The Hall–Kier alpha value is -3.91. The number of aromatic nitrogens is 1. The summed E-state index contributed by atoms with van der Waals surface area (Å²) in [6, 6.07) is 29.0. The SMILES string of the molecule is CC1(C)c2c3c(cc4cc5ccccc5cc24)OC[n+]2cc4cc5ccccc5cc4c1c2-3. The van der Waals surface area contributed by atoms with Gasteiger partial charge in [-0.1, -0.05) is 62.4 Å². The maximum atomic E-state index is 6.38. The molecule has 0 saturated heterocycles. The van der Waals surface area contributed by atoms with Gasteiger partial charge in [0.2, 0.25) is 5.69 Å². The van der Waals surface area contributed by atoms with Gasteiger partial charge in [0, 0.05) is 16.4 Å². The van der Waals surface area contributed by atoms with Crippen LogP contribution in [0.25, 0.3) is 54.3 Å². The second kappa shape index (κ2) is 5.71. The largest absolute Gasteiger partial charge is 0.435 e. The molecule has 0 atom stereocenters. The minimum atomic E-state index is -0.140. The normalized spacial score (nSPS) is 15.3. The lowest BCUT2D eigenvalue weighted by Crippen LogP contribution is -2.41. The number of fused-ring (bicyclic) bond motifs is 6. The first kappa shape index (κ1) is 17.6. The Balaban J connectivity index is 1.57. The fourth-order valence-electron chi connectivity index (χ4n) is 6.42. The zero-order valence-corrected chi connectivity index (χ0v) is 18.6. The summed E-state index contributed by atoms with van der Waals surface area (Å²) >= 11 is 0. The molecule has 8 rings (SSSR count). The highest BCUT2D eigenvalue weighted by Crippen LogP contribution is 2.56. The first-order valence-corrected chi connectivity index (χ1v) is 11.6. The van der Waals surface area contributed by atoms with Gasteiger partial charge in [0.15, 0.2) is 6.20 Å². The van der Waals surface area contributed by atoms with Crippen molar-refractivity contribution in [2.24, 2.45) is 0 Å². The quantitative estimate of drug-likeness (QED) is 0.185. The Morgan fingerprint density at radius 2 is 1.24 bits per heavy atom. The third-order valence-corrected chi connectivity index (χ3v) is 7.82. The third-order valence-electron chi connectivity index (χ3n) is 7.82. The summed E-state index contributed by atoms with van der Waals surface area (Å²) in [5.41, 5.74) is 5.28. The second-order valence-corrected chi connectivity index (χ2v) is 10.1. The number of nitrogens with zero attached hydrogens (tertiary/aromatic N) is 1. The summed E-state index contributed by atoms with van der Waals surface area (Å²) in [6.07, 6.45) is 2.28. The molecule has 0 amide bonds. The van der Waals surface area contributed by atoms with E-state index in [-0.39, 0.29) is 5.41 Å². The number of pyridine rings is 1.